The molecule has 1 fully saturated rings. The summed E-state index contributed by atoms with van der Waals surface area (Å²) in [6.45, 7) is 5.19. The number of pyridine rings is 1. The van der Waals surface area contributed by atoms with Crippen molar-refractivity contribution >= 4 is 0 Å². The largest absolute Gasteiger partial charge is 0.310 e. The SMILES string of the molecule is CC(C)c1ccn(-c2ccncc2CNC2CC2)n1. The van der Waals surface area contributed by atoms with Crippen molar-refractivity contribution in [2.45, 2.75) is 45.2 Å². The Morgan fingerprint density at radius 3 is 2.89 bits per heavy atom. The summed E-state index contributed by atoms with van der Waals surface area (Å²) in [4.78, 5) is 4.23. The van der Waals surface area contributed by atoms with Gasteiger partial charge in [0.25, 0.3) is 0 Å². The number of nitrogens with one attached hydrogen (secondary N) is 1. The molecule has 1 aliphatic rings. The Morgan fingerprint density at radius 2 is 2.21 bits per heavy atom. The molecule has 2 heterocycles. The van der Waals surface area contributed by atoms with Gasteiger partial charge < -0.3 is 5.32 Å². The lowest BCUT2D eigenvalue weighted by molar-refractivity contribution is 0.676. The van der Waals surface area contributed by atoms with Crippen LogP contribution in [-0.4, -0.2) is 20.8 Å². The third-order valence-electron chi connectivity index (χ3n) is 3.48. The lowest BCUT2D eigenvalue weighted by Crippen LogP contribution is -2.17. The molecule has 1 saturated carbocycles. The fourth-order valence-corrected chi connectivity index (χ4v) is 2.10. The van der Waals surface area contributed by atoms with E-state index < -0.39 is 0 Å². The second-order valence-electron chi connectivity index (χ2n) is 5.50. The van der Waals surface area contributed by atoms with Crippen molar-refractivity contribution in [3.63, 3.8) is 0 Å². The van der Waals surface area contributed by atoms with Gasteiger partial charge in [0, 0.05) is 36.7 Å². The van der Waals surface area contributed by atoms with Crippen LogP contribution in [-0.2, 0) is 6.54 Å². The summed E-state index contributed by atoms with van der Waals surface area (Å²) in [7, 11) is 0. The van der Waals surface area contributed by atoms with Gasteiger partial charge in [-0.1, -0.05) is 13.8 Å². The smallest absolute Gasteiger partial charge is 0.0721 e. The van der Waals surface area contributed by atoms with Crippen LogP contribution in [0.5, 0.6) is 0 Å². The van der Waals surface area contributed by atoms with Crippen LogP contribution in [0.15, 0.2) is 30.7 Å². The standard InChI is InChI=1S/C15H20N4/c1-11(2)14-6-8-19(18-14)15-5-7-16-9-12(15)10-17-13-3-4-13/h5-9,11,13,17H,3-4,10H2,1-2H3. The summed E-state index contributed by atoms with van der Waals surface area (Å²) in [6.07, 6.45) is 8.39. The van der Waals surface area contributed by atoms with E-state index in [-0.39, 0.29) is 0 Å². The number of aromatic nitrogens is 3. The molecule has 1 aliphatic carbocycles. The summed E-state index contributed by atoms with van der Waals surface area (Å²) < 4.78 is 1.96. The highest BCUT2D eigenvalue weighted by atomic mass is 15.3. The van der Waals surface area contributed by atoms with Crippen molar-refractivity contribution in [2.24, 2.45) is 0 Å². The minimum Gasteiger partial charge on any atom is -0.310 e. The van der Waals surface area contributed by atoms with Crippen molar-refractivity contribution in [3.8, 4) is 5.69 Å². The van der Waals surface area contributed by atoms with Gasteiger partial charge in [-0.15, -0.1) is 0 Å². The first-order valence-corrected chi connectivity index (χ1v) is 6.96. The van der Waals surface area contributed by atoms with Gasteiger partial charge in [0.05, 0.1) is 11.4 Å². The van der Waals surface area contributed by atoms with Crippen LogP contribution >= 0.6 is 0 Å². The Bertz CT molecular complexity index is 555. The molecule has 0 bridgehead atoms. The Balaban J connectivity index is 1.84. The van der Waals surface area contributed by atoms with E-state index in [0.29, 0.717) is 12.0 Å². The third-order valence-corrected chi connectivity index (χ3v) is 3.48. The molecular formula is C15H20N4. The van der Waals surface area contributed by atoms with Crippen LogP contribution in [0.3, 0.4) is 0 Å². The molecule has 100 valence electrons. The van der Waals surface area contributed by atoms with E-state index in [1.165, 1.54) is 18.4 Å². The fourth-order valence-electron chi connectivity index (χ4n) is 2.10. The second kappa shape index (κ2) is 5.13. The molecule has 19 heavy (non-hydrogen) atoms. The quantitative estimate of drug-likeness (QED) is 0.894. The van der Waals surface area contributed by atoms with E-state index in [2.05, 4.69) is 35.3 Å². The van der Waals surface area contributed by atoms with Gasteiger partial charge in [0.15, 0.2) is 0 Å². The first kappa shape index (κ1) is 12.4. The third kappa shape index (κ3) is 2.84. The number of hydrogen-bond donors (Lipinski definition) is 1. The van der Waals surface area contributed by atoms with E-state index in [1.54, 1.807) is 0 Å². The summed E-state index contributed by atoms with van der Waals surface area (Å²) in [6, 6.07) is 4.82. The van der Waals surface area contributed by atoms with E-state index in [4.69, 9.17) is 0 Å². The summed E-state index contributed by atoms with van der Waals surface area (Å²) in [5.74, 6) is 0.455. The molecular weight excluding hydrogens is 236 g/mol. The molecule has 2 aromatic heterocycles. The zero-order valence-electron chi connectivity index (χ0n) is 11.5. The van der Waals surface area contributed by atoms with Gasteiger partial charge in [-0.2, -0.15) is 5.10 Å². The highest BCUT2D eigenvalue weighted by Crippen LogP contribution is 2.21. The van der Waals surface area contributed by atoms with Gasteiger partial charge in [-0.3, -0.25) is 4.98 Å². The Morgan fingerprint density at radius 1 is 1.37 bits per heavy atom. The molecule has 1 N–H and O–H groups in total. The molecule has 0 aliphatic heterocycles. The predicted octanol–water partition coefficient (Wildman–Crippen LogP) is 2.64. The molecule has 0 aromatic carbocycles. The van der Waals surface area contributed by atoms with Gasteiger partial charge in [0.1, 0.15) is 0 Å². The van der Waals surface area contributed by atoms with E-state index in [1.807, 2.05) is 29.3 Å². The highest BCUT2D eigenvalue weighted by molar-refractivity contribution is 5.38. The average Bonchev–Trinajstić information content (AvgIpc) is 3.11. The number of rotatable bonds is 5. The molecule has 4 nitrogen and oxygen atoms in total. The minimum absolute atomic E-state index is 0.455. The Kier molecular flexibility index (Phi) is 3.34. The van der Waals surface area contributed by atoms with Gasteiger partial charge >= 0.3 is 0 Å². The van der Waals surface area contributed by atoms with E-state index >= 15 is 0 Å². The average molecular weight is 256 g/mol. The molecule has 0 radical (unpaired) electrons. The molecule has 0 atom stereocenters. The van der Waals surface area contributed by atoms with Crippen molar-refractivity contribution in [1.82, 2.24) is 20.1 Å². The topological polar surface area (TPSA) is 42.7 Å². The van der Waals surface area contributed by atoms with Crippen LogP contribution in [0, 0.1) is 0 Å². The van der Waals surface area contributed by atoms with Crippen molar-refractivity contribution < 1.29 is 0 Å². The molecule has 0 amide bonds. The van der Waals surface area contributed by atoms with Gasteiger partial charge in [-0.25, -0.2) is 4.68 Å². The second-order valence-corrected chi connectivity index (χ2v) is 5.50. The van der Waals surface area contributed by atoms with Crippen LogP contribution in [0.25, 0.3) is 5.69 Å². The van der Waals surface area contributed by atoms with E-state index in [9.17, 15) is 0 Å². The first-order chi connectivity index (χ1) is 9.24. The number of nitrogens with zero attached hydrogens (tertiary/aromatic N) is 3. The molecule has 0 unspecified atom stereocenters. The van der Waals surface area contributed by atoms with Crippen LogP contribution in [0.2, 0.25) is 0 Å². The highest BCUT2D eigenvalue weighted by Gasteiger charge is 2.20. The lowest BCUT2D eigenvalue weighted by Gasteiger charge is -2.09. The summed E-state index contributed by atoms with van der Waals surface area (Å²) in [5.41, 5.74) is 3.45. The molecule has 0 saturated heterocycles. The normalized spacial score (nSPS) is 15.1. The van der Waals surface area contributed by atoms with Gasteiger partial charge in [0.2, 0.25) is 0 Å². The Hall–Kier alpha value is -1.68. The van der Waals surface area contributed by atoms with Crippen LogP contribution in [0.4, 0.5) is 0 Å². The van der Waals surface area contributed by atoms with Crippen LogP contribution in [0.1, 0.15) is 43.9 Å². The maximum Gasteiger partial charge on any atom is 0.0721 e. The van der Waals surface area contributed by atoms with E-state index in [0.717, 1.165) is 17.9 Å². The maximum absolute atomic E-state index is 4.64. The molecule has 0 spiro atoms. The van der Waals surface area contributed by atoms with Crippen molar-refractivity contribution in [1.29, 1.82) is 0 Å². The maximum atomic E-state index is 4.64. The van der Waals surface area contributed by atoms with Crippen molar-refractivity contribution in [2.75, 3.05) is 0 Å². The first-order valence-electron chi connectivity index (χ1n) is 6.96. The van der Waals surface area contributed by atoms with Crippen LogP contribution < -0.4 is 5.32 Å². The Labute approximate surface area is 113 Å². The molecule has 2 aromatic rings. The van der Waals surface area contributed by atoms with Crippen molar-refractivity contribution in [3.05, 3.63) is 42.0 Å². The number of hydrogen-bond acceptors (Lipinski definition) is 3. The minimum atomic E-state index is 0.455. The fraction of sp³-hybridized carbons (Fsp3) is 0.467. The summed E-state index contributed by atoms with van der Waals surface area (Å²) >= 11 is 0. The molecule has 4 heteroatoms. The molecule has 3 rings (SSSR count). The predicted molar refractivity (Wildman–Crippen MR) is 75.3 cm³/mol. The summed E-state index contributed by atoms with van der Waals surface area (Å²) in [5, 5.41) is 8.18. The zero-order valence-corrected chi connectivity index (χ0v) is 11.5. The monoisotopic (exact) mass is 256 g/mol. The zero-order chi connectivity index (χ0) is 13.2. The lowest BCUT2D eigenvalue weighted by atomic mass is 10.1. The van der Waals surface area contributed by atoms with Gasteiger partial charge in [-0.05, 0) is 30.9 Å².